The van der Waals surface area contributed by atoms with Gasteiger partial charge in [0.15, 0.2) is 5.78 Å². The van der Waals surface area contributed by atoms with Gasteiger partial charge in [0.05, 0.1) is 13.2 Å². The van der Waals surface area contributed by atoms with Crippen LogP contribution in [-0.4, -0.2) is 30.2 Å². The number of Topliss-reactive ketones (excluding diaryl/α,β-unsaturated/α-hetero) is 1. The fourth-order valence-electron chi connectivity index (χ4n) is 3.70. The summed E-state index contributed by atoms with van der Waals surface area (Å²) in [5, 5.41) is 0. The van der Waals surface area contributed by atoms with E-state index < -0.39 is 0 Å². The van der Waals surface area contributed by atoms with Crippen LogP contribution in [0.5, 0.6) is 5.75 Å². The van der Waals surface area contributed by atoms with Crippen LogP contribution in [0.25, 0.3) is 0 Å². The first-order valence-electron chi connectivity index (χ1n) is 9.68. The van der Waals surface area contributed by atoms with Crippen molar-refractivity contribution in [2.75, 3.05) is 13.7 Å². The first-order chi connectivity index (χ1) is 13.1. The number of benzene rings is 2. The minimum absolute atomic E-state index is 0.0307. The van der Waals surface area contributed by atoms with Gasteiger partial charge in [-0.15, -0.1) is 0 Å². The van der Waals surface area contributed by atoms with Gasteiger partial charge < -0.3 is 9.64 Å². The number of carbonyl (C=O) groups excluding carboxylic acids is 2. The number of nitrogens with zero attached hydrogens (tertiary/aromatic N) is 1. The first-order valence-corrected chi connectivity index (χ1v) is 9.68. The number of amides is 1. The van der Waals surface area contributed by atoms with Crippen LogP contribution in [0.2, 0.25) is 0 Å². The molecule has 1 aliphatic heterocycles. The largest absolute Gasteiger partial charge is 0.497 e. The fraction of sp³-hybridized carbons (Fsp3) is 0.391. The molecule has 1 atom stereocenters. The quantitative estimate of drug-likeness (QED) is 0.675. The number of methoxy groups -OCH3 is 1. The zero-order valence-electron chi connectivity index (χ0n) is 16.1. The van der Waals surface area contributed by atoms with Crippen molar-refractivity contribution in [3.63, 3.8) is 0 Å². The molecule has 1 fully saturated rings. The number of hydrogen-bond donors (Lipinski definition) is 0. The molecule has 0 aromatic heterocycles. The van der Waals surface area contributed by atoms with Crippen LogP contribution in [-0.2, 0) is 11.2 Å². The molecule has 0 radical (unpaired) electrons. The standard InChI is InChI=1S/C23H27NO3/c1-3-17-9-11-18(12-10-17)22(25)13-14-23(26)24-15-5-8-21(24)19-6-4-7-20(16-19)27-2/h4,6-7,9-12,16,21H,3,5,8,13-15H2,1-2H3. The molecular formula is C23H27NO3. The van der Waals surface area contributed by atoms with Gasteiger partial charge in [-0.05, 0) is 42.5 Å². The highest BCUT2D eigenvalue weighted by Crippen LogP contribution is 2.34. The lowest BCUT2D eigenvalue weighted by Gasteiger charge is -2.25. The zero-order valence-corrected chi connectivity index (χ0v) is 16.1. The van der Waals surface area contributed by atoms with E-state index in [1.165, 1.54) is 5.56 Å². The Bertz CT molecular complexity index is 798. The summed E-state index contributed by atoms with van der Waals surface area (Å²) in [6, 6.07) is 15.7. The Balaban J connectivity index is 1.61. The van der Waals surface area contributed by atoms with Crippen LogP contribution in [0.3, 0.4) is 0 Å². The molecule has 1 aliphatic rings. The zero-order chi connectivity index (χ0) is 19.2. The van der Waals surface area contributed by atoms with E-state index in [0.29, 0.717) is 5.56 Å². The predicted octanol–water partition coefficient (Wildman–Crippen LogP) is 4.58. The summed E-state index contributed by atoms with van der Waals surface area (Å²) in [6.45, 7) is 2.84. The van der Waals surface area contributed by atoms with Gasteiger partial charge >= 0.3 is 0 Å². The maximum absolute atomic E-state index is 12.8. The third-order valence-electron chi connectivity index (χ3n) is 5.30. The summed E-state index contributed by atoms with van der Waals surface area (Å²) in [5.41, 5.74) is 2.99. The van der Waals surface area contributed by atoms with E-state index in [0.717, 1.165) is 37.1 Å². The van der Waals surface area contributed by atoms with Crippen molar-refractivity contribution in [1.29, 1.82) is 0 Å². The van der Waals surface area contributed by atoms with Gasteiger partial charge in [0.2, 0.25) is 5.91 Å². The molecule has 2 aromatic rings. The molecule has 4 nitrogen and oxygen atoms in total. The molecule has 27 heavy (non-hydrogen) atoms. The Morgan fingerprint density at radius 2 is 1.89 bits per heavy atom. The lowest BCUT2D eigenvalue weighted by atomic mass is 10.0. The lowest BCUT2D eigenvalue weighted by Crippen LogP contribution is -2.30. The van der Waals surface area contributed by atoms with Gasteiger partial charge in [-0.1, -0.05) is 43.3 Å². The maximum Gasteiger partial charge on any atom is 0.223 e. The smallest absolute Gasteiger partial charge is 0.223 e. The Labute approximate surface area is 161 Å². The predicted molar refractivity (Wildman–Crippen MR) is 106 cm³/mol. The van der Waals surface area contributed by atoms with E-state index in [2.05, 4.69) is 6.92 Å². The number of ketones is 1. The Morgan fingerprint density at radius 1 is 1.11 bits per heavy atom. The van der Waals surface area contributed by atoms with Crippen molar-refractivity contribution in [3.05, 3.63) is 65.2 Å². The van der Waals surface area contributed by atoms with Crippen LogP contribution in [0, 0.1) is 0 Å². The molecule has 0 bridgehead atoms. The van der Waals surface area contributed by atoms with Gasteiger partial charge in [0.25, 0.3) is 0 Å². The summed E-state index contributed by atoms with van der Waals surface area (Å²) >= 11 is 0. The SMILES string of the molecule is CCc1ccc(C(=O)CCC(=O)N2CCCC2c2cccc(OC)c2)cc1. The molecule has 1 unspecified atom stereocenters. The topological polar surface area (TPSA) is 46.6 Å². The molecule has 0 N–H and O–H groups in total. The van der Waals surface area contributed by atoms with E-state index in [4.69, 9.17) is 4.74 Å². The van der Waals surface area contributed by atoms with Gasteiger partial charge in [-0.25, -0.2) is 0 Å². The highest BCUT2D eigenvalue weighted by Gasteiger charge is 2.30. The molecular weight excluding hydrogens is 338 g/mol. The molecule has 1 heterocycles. The van der Waals surface area contributed by atoms with E-state index in [9.17, 15) is 9.59 Å². The summed E-state index contributed by atoms with van der Waals surface area (Å²) < 4.78 is 5.31. The van der Waals surface area contributed by atoms with Crippen LogP contribution in [0.15, 0.2) is 48.5 Å². The lowest BCUT2D eigenvalue weighted by molar-refractivity contribution is -0.132. The van der Waals surface area contributed by atoms with Crippen LogP contribution < -0.4 is 4.74 Å². The summed E-state index contributed by atoms with van der Waals surface area (Å²) in [7, 11) is 1.65. The minimum Gasteiger partial charge on any atom is -0.497 e. The number of aryl methyl sites for hydroxylation is 1. The van der Waals surface area contributed by atoms with Gasteiger partial charge in [-0.3, -0.25) is 9.59 Å². The number of likely N-dealkylation sites (tertiary alicyclic amines) is 1. The molecule has 4 heteroatoms. The van der Waals surface area contributed by atoms with Gasteiger partial charge in [-0.2, -0.15) is 0 Å². The summed E-state index contributed by atoms with van der Waals surface area (Å²) in [4.78, 5) is 27.1. The highest BCUT2D eigenvalue weighted by molar-refractivity contribution is 5.98. The fourth-order valence-corrected chi connectivity index (χ4v) is 3.70. The Kier molecular flexibility index (Phi) is 6.28. The summed E-state index contributed by atoms with van der Waals surface area (Å²) in [5.74, 6) is 0.888. The molecule has 0 aliphatic carbocycles. The van der Waals surface area contributed by atoms with Crippen LogP contribution in [0.1, 0.15) is 60.1 Å². The summed E-state index contributed by atoms with van der Waals surface area (Å²) in [6.07, 6.45) is 3.40. The van der Waals surface area contributed by atoms with Gasteiger partial charge in [0, 0.05) is 24.9 Å². The highest BCUT2D eigenvalue weighted by atomic mass is 16.5. The van der Waals surface area contributed by atoms with E-state index in [-0.39, 0.29) is 30.6 Å². The molecule has 1 amide bonds. The van der Waals surface area contributed by atoms with Crippen LogP contribution >= 0.6 is 0 Å². The number of carbonyl (C=O) groups is 2. The van der Waals surface area contributed by atoms with Crippen molar-refractivity contribution in [2.24, 2.45) is 0 Å². The van der Waals surface area contributed by atoms with Crippen molar-refractivity contribution in [3.8, 4) is 5.75 Å². The van der Waals surface area contributed by atoms with Crippen molar-refractivity contribution >= 4 is 11.7 Å². The number of hydrogen-bond acceptors (Lipinski definition) is 3. The van der Waals surface area contributed by atoms with E-state index in [1.807, 2.05) is 53.4 Å². The molecule has 0 saturated carbocycles. The Morgan fingerprint density at radius 3 is 2.59 bits per heavy atom. The average Bonchev–Trinajstić information content (AvgIpc) is 3.22. The van der Waals surface area contributed by atoms with Crippen molar-refractivity contribution < 1.29 is 14.3 Å². The second-order valence-corrected chi connectivity index (χ2v) is 7.00. The average molecular weight is 365 g/mol. The van der Waals surface area contributed by atoms with Crippen molar-refractivity contribution in [2.45, 2.75) is 45.1 Å². The maximum atomic E-state index is 12.8. The number of rotatable bonds is 7. The molecule has 3 rings (SSSR count). The first kappa shape index (κ1) is 19.2. The second-order valence-electron chi connectivity index (χ2n) is 7.00. The third-order valence-corrected chi connectivity index (χ3v) is 5.30. The van der Waals surface area contributed by atoms with Crippen molar-refractivity contribution in [1.82, 2.24) is 4.90 Å². The number of ether oxygens (including phenoxy) is 1. The second kappa shape index (κ2) is 8.85. The molecule has 2 aromatic carbocycles. The third kappa shape index (κ3) is 4.57. The van der Waals surface area contributed by atoms with Crippen LogP contribution in [0.4, 0.5) is 0 Å². The molecule has 0 spiro atoms. The van der Waals surface area contributed by atoms with Gasteiger partial charge in [0.1, 0.15) is 5.75 Å². The molecule has 142 valence electrons. The Hall–Kier alpha value is -2.62. The monoisotopic (exact) mass is 365 g/mol. The van der Waals surface area contributed by atoms with E-state index in [1.54, 1.807) is 7.11 Å². The normalized spacial score (nSPS) is 16.4. The molecule has 1 saturated heterocycles. The van der Waals surface area contributed by atoms with E-state index >= 15 is 0 Å². The minimum atomic E-state index is 0.0307.